The van der Waals surface area contributed by atoms with Gasteiger partial charge in [-0.05, 0) is 48.9 Å². The number of aryl methyl sites for hydroxylation is 1. The van der Waals surface area contributed by atoms with E-state index in [2.05, 4.69) is 5.32 Å². The fourth-order valence-electron chi connectivity index (χ4n) is 3.38. The van der Waals surface area contributed by atoms with Gasteiger partial charge >= 0.3 is 0 Å². The van der Waals surface area contributed by atoms with Crippen molar-refractivity contribution in [2.75, 3.05) is 27.3 Å². The van der Waals surface area contributed by atoms with E-state index in [0.717, 1.165) is 4.88 Å². The molecule has 1 aliphatic rings. The maximum Gasteiger partial charge on any atom is 0.243 e. The van der Waals surface area contributed by atoms with Crippen molar-refractivity contribution in [1.29, 1.82) is 0 Å². The molecule has 1 N–H and O–H groups in total. The van der Waals surface area contributed by atoms with Crippen LogP contribution in [0.4, 0.5) is 0 Å². The first-order valence-corrected chi connectivity index (χ1v) is 11.7. The summed E-state index contributed by atoms with van der Waals surface area (Å²) in [7, 11) is -0.684. The molecule has 3 rings (SSSR count). The van der Waals surface area contributed by atoms with Crippen LogP contribution in [0.5, 0.6) is 11.5 Å². The average Bonchev–Trinajstić information content (AvgIpc) is 3.16. The number of carbonyl (C=O) groups excluding carboxylic acids is 1. The van der Waals surface area contributed by atoms with Crippen molar-refractivity contribution in [3.63, 3.8) is 0 Å². The van der Waals surface area contributed by atoms with E-state index in [9.17, 15) is 13.2 Å². The molecule has 0 saturated carbocycles. The highest BCUT2D eigenvalue weighted by atomic mass is 32.2. The number of thiophene rings is 1. The molecule has 7 nitrogen and oxygen atoms in total. The minimum Gasteiger partial charge on any atom is -0.493 e. The monoisotopic (exact) mass is 438 g/mol. The average molecular weight is 439 g/mol. The van der Waals surface area contributed by atoms with Gasteiger partial charge in [0.1, 0.15) is 0 Å². The highest BCUT2D eigenvalue weighted by Crippen LogP contribution is 2.32. The van der Waals surface area contributed by atoms with Crippen LogP contribution in [0.15, 0.2) is 34.5 Å². The summed E-state index contributed by atoms with van der Waals surface area (Å²) in [6.07, 6.45) is 1.00. The standard InChI is InChI=1S/C20H26N2O5S2/c1-14-8-11-28-19(14)13-21-20(23)15-6-9-22(10-7-15)29(24,25)16-4-5-17(26-2)18(12-16)27-3/h4-5,8,11-12,15H,6-7,9-10,13H2,1-3H3,(H,21,23). The van der Waals surface area contributed by atoms with Crippen LogP contribution in [0.1, 0.15) is 23.3 Å². The third kappa shape index (κ3) is 4.73. The predicted molar refractivity (Wildman–Crippen MR) is 112 cm³/mol. The Kier molecular flexibility index (Phi) is 6.81. The molecule has 0 spiro atoms. The Morgan fingerprint density at radius 2 is 1.86 bits per heavy atom. The van der Waals surface area contributed by atoms with E-state index in [1.807, 2.05) is 18.4 Å². The predicted octanol–water partition coefficient (Wildman–Crippen LogP) is 2.79. The van der Waals surface area contributed by atoms with E-state index in [1.165, 1.54) is 36.2 Å². The van der Waals surface area contributed by atoms with Gasteiger partial charge in [0.2, 0.25) is 15.9 Å². The number of nitrogens with one attached hydrogen (secondary N) is 1. The second-order valence-corrected chi connectivity index (χ2v) is 9.88. The van der Waals surface area contributed by atoms with E-state index >= 15 is 0 Å². The molecule has 9 heteroatoms. The van der Waals surface area contributed by atoms with Crippen LogP contribution >= 0.6 is 11.3 Å². The van der Waals surface area contributed by atoms with Gasteiger partial charge in [0.25, 0.3) is 0 Å². The number of carbonyl (C=O) groups is 1. The Labute approximate surface area is 175 Å². The van der Waals surface area contributed by atoms with Crippen molar-refractivity contribution in [3.05, 3.63) is 40.1 Å². The second kappa shape index (κ2) is 9.15. The fraction of sp³-hybridized carbons (Fsp3) is 0.450. The molecular formula is C20H26N2O5S2. The minimum absolute atomic E-state index is 0.0130. The first-order chi connectivity index (χ1) is 13.9. The molecule has 29 heavy (non-hydrogen) atoms. The minimum atomic E-state index is -3.65. The van der Waals surface area contributed by atoms with Crippen LogP contribution in [0.2, 0.25) is 0 Å². The molecule has 1 aliphatic heterocycles. The molecule has 0 unspecified atom stereocenters. The van der Waals surface area contributed by atoms with E-state index in [4.69, 9.17) is 9.47 Å². The van der Waals surface area contributed by atoms with Crippen molar-refractivity contribution < 1.29 is 22.7 Å². The number of ether oxygens (including phenoxy) is 2. The third-order valence-corrected chi connectivity index (χ3v) is 8.13. The normalized spacial score (nSPS) is 15.8. The Morgan fingerprint density at radius 3 is 2.45 bits per heavy atom. The number of sulfonamides is 1. The van der Waals surface area contributed by atoms with Gasteiger partial charge in [0.15, 0.2) is 11.5 Å². The van der Waals surface area contributed by atoms with E-state index < -0.39 is 10.0 Å². The maximum absolute atomic E-state index is 13.0. The molecule has 1 amide bonds. The molecule has 1 fully saturated rings. The van der Waals surface area contributed by atoms with Crippen LogP contribution < -0.4 is 14.8 Å². The van der Waals surface area contributed by atoms with E-state index in [-0.39, 0.29) is 16.7 Å². The molecular weight excluding hydrogens is 412 g/mol. The number of rotatable bonds is 7. The summed E-state index contributed by atoms with van der Waals surface area (Å²) in [5.41, 5.74) is 1.17. The Balaban J connectivity index is 1.60. The van der Waals surface area contributed by atoms with Crippen molar-refractivity contribution in [2.45, 2.75) is 31.2 Å². The topological polar surface area (TPSA) is 84.9 Å². The van der Waals surface area contributed by atoms with Gasteiger partial charge in [0.05, 0.1) is 25.7 Å². The zero-order chi connectivity index (χ0) is 21.0. The van der Waals surface area contributed by atoms with Crippen LogP contribution in [0.3, 0.4) is 0 Å². The van der Waals surface area contributed by atoms with Crippen molar-refractivity contribution >= 4 is 27.3 Å². The fourth-order valence-corrected chi connectivity index (χ4v) is 5.71. The summed E-state index contributed by atoms with van der Waals surface area (Å²) in [5.74, 6) is 0.655. The quantitative estimate of drug-likeness (QED) is 0.719. The van der Waals surface area contributed by atoms with Crippen LogP contribution in [-0.2, 0) is 21.4 Å². The van der Waals surface area contributed by atoms with Gasteiger partial charge < -0.3 is 14.8 Å². The third-order valence-electron chi connectivity index (χ3n) is 5.21. The second-order valence-electron chi connectivity index (χ2n) is 6.94. The molecule has 158 valence electrons. The van der Waals surface area contributed by atoms with E-state index in [0.29, 0.717) is 44.0 Å². The largest absolute Gasteiger partial charge is 0.493 e. The molecule has 0 atom stereocenters. The van der Waals surface area contributed by atoms with Gasteiger partial charge in [-0.25, -0.2) is 8.42 Å². The molecule has 0 radical (unpaired) electrons. The number of hydrogen-bond acceptors (Lipinski definition) is 6. The lowest BCUT2D eigenvalue weighted by Gasteiger charge is -2.30. The number of piperidine rings is 1. The van der Waals surface area contributed by atoms with Crippen LogP contribution in [0.25, 0.3) is 0 Å². The molecule has 2 heterocycles. The summed E-state index contributed by atoms with van der Waals surface area (Å²) in [6.45, 7) is 3.17. The zero-order valence-corrected chi connectivity index (χ0v) is 18.4. The van der Waals surface area contributed by atoms with Crippen LogP contribution in [-0.4, -0.2) is 45.9 Å². The molecule has 1 aromatic carbocycles. The van der Waals surface area contributed by atoms with Crippen molar-refractivity contribution in [2.24, 2.45) is 5.92 Å². The lowest BCUT2D eigenvalue weighted by Crippen LogP contribution is -2.42. The Bertz CT molecular complexity index is 963. The smallest absolute Gasteiger partial charge is 0.243 e. The number of methoxy groups -OCH3 is 2. The van der Waals surface area contributed by atoms with Gasteiger partial charge in [-0.2, -0.15) is 4.31 Å². The molecule has 0 aliphatic carbocycles. The molecule has 1 aromatic heterocycles. The highest BCUT2D eigenvalue weighted by molar-refractivity contribution is 7.89. The summed E-state index contributed by atoms with van der Waals surface area (Å²) >= 11 is 1.62. The SMILES string of the molecule is COc1ccc(S(=O)(=O)N2CCC(C(=O)NCc3sccc3C)CC2)cc1OC. The molecule has 1 saturated heterocycles. The first kappa shape index (κ1) is 21.6. The maximum atomic E-state index is 13.0. The Morgan fingerprint density at radius 1 is 1.17 bits per heavy atom. The lowest BCUT2D eigenvalue weighted by molar-refractivity contribution is -0.126. The number of benzene rings is 1. The summed E-state index contributed by atoms with van der Waals surface area (Å²) < 4.78 is 37.8. The van der Waals surface area contributed by atoms with Gasteiger partial charge in [0, 0.05) is 30.0 Å². The number of amides is 1. The summed E-state index contributed by atoms with van der Waals surface area (Å²) in [5, 5.41) is 4.99. The lowest BCUT2D eigenvalue weighted by atomic mass is 9.97. The number of hydrogen-bond donors (Lipinski definition) is 1. The van der Waals surface area contributed by atoms with Gasteiger partial charge in [-0.3, -0.25) is 4.79 Å². The first-order valence-electron chi connectivity index (χ1n) is 9.39. The number of nitrogens with zero attached hydrogens (tertiary/aromatic N) is 1. The molecule has 2 aromatic rings. The Hall–Kier alpha value is -2.10. The van der Waals surface area contributed by atoms with Crippen LogP contribution in [0, 0.1) is 12.8 Å². The van der Waals surface area contributed by atoms with Gasteiger partial charge in [-0.15, -0.1) is 11.3 Å². The van der Waals surface area contributed by atoms with E-state index in [1.54, 1.807) is 17.4 Å². The van der Waals surface area contributed by atoms with Gasteiger partial charge in [-0.1, -0.05) is 0 Å². The summed E-state index contributed by atoms with van der Waals surface area (Å²) in [6, 6.07) is 6.59. The van der Waals surface area contributed by atoms with Crippen molar-refractivity contribution in [1.82, 2.24) is 9.62 Å². The summed E-state index contributed by atoms with van der Waals surface area (Å²) in [4.78, 5) is 13.8. The zero-order valence-electron chi connectivity index (χ0n) is 16.8. The molecule has 0 bridgehead atoms. The van der Waals surface area contributed by atoms with Crippen molar-refractivity contribution in [3.8, 4) is 11.5 Å². The highest BCUT2D eigenvalue weighted by Gasteiger charge is 2.32.